The number of rotatable bonds is 4. The summed E-state index contributed by atoms with van der Waals surface area (Å²) in [5, 5.41) is 3.16. The number of aromatic nitrogens is 2. The van der Waals surface area contributed by atoms with Crippen molar-refractivity contribution in [2.45, 2.75) is 6.92 Å². The lowest BCUT2D eigenvalue weighted by Crippen LogP contribution is -2.00. The molecular formula is C13H15N3O. The van der Waals surface area contributed by atoms with Gasteiger partial charge in [-0.2, -0.15) is 0 Å². The highest BCUT2D eigenvalue weighted by Gasteiger charge is 2.06. The second-order valence-corrected chi connectivity index (χ2v) is 3.52. The number of nitrogens with one attached hydrogen (secondary N) is 1. The van der Waals surface area contributed by atoms with E-state index in [0.29, 0.717) is 0 Å². The van der Waals surface area contributed by atoms with Crippen LogP contribution in [-0.4, -0.2) is 23.6 Å². The Bertz CT molecular complexity index is 500. The van der Waals surface area contributed by atoms with Gasteiger partial charge in [-0.15, -0.1) is 0 Å². The Morgan fingerprint density at radius 2 is 2.06 bits per heavy atom. The molecule has 0 saturated heterocycles. The van der Waals surface area contributed by atoms with E-state index in [-0.39, 0.29) is 0 Å². The molecule has 4 heteroatoms. The molecule has 1 heterocycles. The summed E-state index contributed by atoms with van der Waals surface area (Å²) in [4.78, 5) is 8.42. The Balaban J connectivity index is 2.41. The SMILES string of the molecule is CCNc1cc(-c2ccccc2OC)ncn1. The number of benzene rings is 1. The zero-order chi connectivity index (χ0) is 12.1. The predicted octanol–water partition coefficient (Wildman–Crippen LogP) is 2.58. The maximum Gasteiger partial charge on any atom is 0.129 e. The van der Waals surface area contributed by atoms with Crippen molar-refractivity contribution >= 4 is 5.82 Å². The molecule has 2 rings (SSSR count). The zero-order valence-electron chi connectivity index (χ0n) is 9.97. The highest BCUT2D eigenvalue weighted by Crippen LogP contribution is 2.28. The predicted molar refractivity (Wildman–Crippen MR) is 68.2 cm³/mol. The Morgan fingerprint density at radius 1 is 1.24 bits per heavy atom. The first-order valence-corrected chi connectivity index (χ1v) is 5.54. The van der Waals surface area contributed by atoms with Crippen molar-refractivity contribution in [3.8, 4) is 17.0 Å². The van der Waals surface area contributed by atoms with Crippen LogP contribution in [0.25, 0.3) is 11.3 Å². The molecule has 1 aromatic carbocycles. The Hall–Kier alpha value is -2.10. The summed E-state index contributed by atoms with van der Waals surface area (Å²) in [6.45, 7) is 2.87. The van der Waals surface area contributed by atoms with Crippen LogP contribution in [0.1, 0.15) is 6.92 Å². The molecule has 1 aromatic heterocycles. The fourth-order valence-corrected chi connectivity index (χ4v) is 1.64. The van der Waals surface area contributed by atoms with Gasteiger partial charge in [-0.05, 0) is 19.1 Å². The van der Waals surface area contributed by atoms with E-state index in [1.807, 2.05) is 37.3 Å². The van der Waals surface area contributed by atoms with Gasteiger partial charge in [-0.3, -0.25) is 0 Å². The third kappa shape index (κ3) is 2.53. The van der Waals surface area contributed by atoms with E-state index in [4.69, 9.17) is 4.74 Å². The highest BCUT2D eigenvalue weighted by molar-refractivity contribution is 5.68. The fraction of sp³-hybridized carbons (Fsp3) is 0.231. The van der Waals surface area contributed by atoms with E-state index in [1.165, 1.54) is 0 Å². The second kappa shape index (κ2) is 5.30. The number of hydrogen-bond acceptors (Lipinski definition) is 4. The summed E-state index contributed by atoms with van der Waals surface area (Å²) in [5.41, 5.74) is 1.82. The molecule has 0 bridgehead atoms. The van der Waals surface area contributed by atoms with Crippen LogP contribution in [0, 0.1) is 0 Å². The monoisotopic (exact) mass is 229 g/mol. The van der Waals surface area contributed by atoms with Crippen LogP contribution in [-0.2, 0) is 0 Å². The topological polar surface area (TPSA) is 47.0 Å². The first kappa shape index (κ1) is 11.4. The minimum atomic E-state index is 0.814. The van der Waals surface area contributed by atoms with E-state index in [1.54, 1.807) is 13.4 Å². The van der Waals surface area contributed by atoms with Crippen molar-refractivity contribution in [3.05, 3.63) is 36.7 Å². The third-order valence-corrected chi connectivity index (χ3v) is 2.41. The zero-order valence-corrected chi connectivity index (χ0v) is 9.97. The molecule has 0 amide bonds. The molecule has 1 N–H and O–H groups in total. The van der Waals surface area contributed by atoms with E-state index in [2.05, 4.69) is 15.3 Å². The van der Waals surface area contributed by atoms with E-state index in [0.717, 1.165) is 29.4 Å². The minimum absolute atomic E-state index is 0.814. The van der Waals surface area contributed by atoms with Crippen LogP contribution < -0.4 is 10.1 Å². The van der Waals surface area contributed by atoms with Crippen molar-refractivity contribution in [2.24, 2.45) is 0 Å². The van der Waals surface area contributed by atoms with E-state index < -0.39 is 0 Å². The summed E-state index contributed by atoms with van der Waals surface area (Å²) in [5.74, 6) is 1.64. The molecule has 2 aromatic rings. The minimum Gasteiger partial charge on any atom is -0.496 e. The summed E-state index contributed by atoms with van der Waals surface area (Å²) in [6.07, 6.45) is 1.56. The number of nitrogens with zero attached hydrogens (tertiary/aromatic N) is 2. The molecule has 0 spiro atoms. The van der Waals surface area contributed by atoms with Gasteiger partial charge in [0.25, 0.3) is 0 Å². The highest BCUT2D eigenvalue weighted by atomic mass is 16.5. The largest absolute Gasteiger partial charge is 0.496 e. The van der Waals surface area contributed by atoms with Gasteiger partial charge in [0.15, 0.2) is 0 Å². The number of ether oxygens (including phenoxy) is 1. The lowest BCUT2D eigenvalue weighted by molar-refractivity contribution is 0.416. The number of anilines is 1. The third-order valence-electron chi connectivity index (χ3n) is 2.41. The second-order valence-electron chi connectivity index (χ2n) is 3.52. The number of para-hydroxylation sites is 1. The van der Waals surface area contributed by atoms with Gasteiger partial charge in [0.1, 0.15) is 17.9 Å². The van der Waals surface area contributed by atoms with Crippen molar-refractivity contribution in [2.75, 3.05) is 19.0 Å². The van der Waals surface area contributed by atoms with Crippen LogP contribution in [0.3, 0.4) is 0 Å². The Morgan fingerprint density at radius 3 is 2.82 bits per heavy atom. The number of hydrogen-bond donors (Lipinski definition) is 1. The molecule has 4 nitrogen and oxygen atoms in total. The summed E-state index contributed by atoms with van der Waals surface area (Å²) in [6, 6.07) is 9.73. The van der Waals surface area contributed by atoms with Gasteiger partial charge in [0.05, 0.1) is 12.8 Å². The van der Waals surface area contributed by atoms with Crippen LogP contribution in [0.5, 0.6) is 5.75 Å². The molecule has 17 heavy (non-hydrogen) atoms. The fourth-order valence-electron chi connectivity index (χ4n) is 1.64. The Labute approximate surface area is 101 Å². The molecule has 0 saturated carbocycles. The van der Waals surface area contributed by atoms with Crippen LogP contribution in [0.4, 0.5) is 5.82 Å². The molecule has 0 aliphatic rings. The van der Waals surface area contributed by atoms with Crippen LogP contribution in [0.15, 0.2) is 36.7 Å². The summed E-state index contributed by atoms with van der Waals surface area (Å²) in [7, 11) is 1.66. The van der Waals surface area contributed by atoms with E-state index >= 15 is 0 Å². The van der Waals surface area contributed by atoms with Crippen molar-refractivity contribution in [1.82, 2.24) is 9.97 Å². The maximum atomic E-state index is 5.32. The molecule has 0 unspecified atom stereocenters. The first-order valence-electron chi connectivity index (χ1n) is 5.54. The van der Waals surface area contributed by atoms with Crippen molar-refractivity contribution < 1.29 is 4.74 Å². The van der Waals surface area contributed by atoms with Crippen LogP contribution >= 0.6 is 0 Å². The average Bonchev–Trinajstić information content (AvgIpc) is 2.39. The molecule has 0 atom stereocenters. The van der Waals surface area contributed by atoms with Gasteiger partial charge >= 0.3 is 0 Å². The van der Waals surface area contributed by atoms with E-state index in [9.17, 15) is 0 Å². The van der Waals surface area contributed by atoms with Crippen molar-refractivity contribution in [1.29, 1.82) is 0 Å². The lowest BCUT2D eigenvalue weighted by atomic mass is 10.1. The van der Waals surface area contributed by atoms with Gasteiger partial charge in [-0.1, -0.05) is 12.1 Å². The summed E-state index contributed by atoms with van der Waals surface area (Å²) >= 11 is 0. The quantitative estimate of drug-likeness (QED) is 0.875. The normalized spacial score (nSPS) is 10.0. The van der Waals surface area contributed by atoms with Gasteiger partial charge in [0.2, 0.25) is 0 Å². The molecular weight excluding hydrogens is 214 g/mol. The Kier molecular flexibility index (Phi) is 3.55. The molecule has 0 radical (unpaired) electrons. The van der Waals surface area contributed by atoms with Crippen LogP contribution in [0.2, 0.25) is 0 Å². The summed E-state index contributed by atoms with van der Waals surface area (Å²) < 4.78 is 5.32. The molecule has 0 aliphatic carbocycles. The lowest BCUT2D eigenvalue weighted by Gasteiger charge is -2.08. The van der Waals surface area contributed by atoms with Crippen molar-refractivity contribution in [3.63, 3.8) is 0 Å². The standard InChI is InChI=1S/C13H15N3O/c1-3-14-13-8-11(15-9-16-13)10-6-4-5-7-12(10)17-2/h4-9H,3H2,1-2H3,(H,14,15,16). The average molecular weight is 229 g/mol. The van der Waals surface area contributed by atoms with Gasteiger partial charge in [0, 0.05) is 18.2 Å². The molecule has 0 fully saturated rings. The number of methoxy groups -OCH3 is 1. The molecule has 0 aliphatic heterocycles. The maximum absolute atomic E-state index is 5.32. The molecule has 88 valence electrons. The van der Waals surface area contributed by atoms with Gasteiger partial charge < -0.3 is 10.1 Å². The first-order chi connectivity index (χ1) is 8.35. The smallest absolute Gasteiger partial charge is 0.129 e. The van der Waals surface area contributed by atoms with Gasteiger partial charge in [-0.25, -0.2) is 9.97 Å².